The molecule has 0 atom stereocenters. The molecule has 3 aromatic rings. The number of imidazole rings is 1. The lowest BCUT2D eigenvalue weighted by molar-refractivity contribution is 0.489. The molecule has 0 spiro atoms. The molecule has 4 heterocycles. The van der Waals surface area contributed by atoms with Gasteiger partial charge in [-0.3, -0.25) is 0 Å². The van der Waals surface area contributed by atoms with E-state index in [4.69, 9.17) is 5.73 Å². The summed E-state index contributed by atoms with van der Waals surface area (Å²) >= 11 is 0. The number of anilines is 1. The molecule has 0 unspecified atom stereocenters. The van der Waals surface area contributed by atoms with Crippen molar-refractivity contribution < 1.29 is 0 Å². The first-order valence-electron chi connectivity index (χ1n) is 6.70. The number of rotatable bonds is 1. The molecule has 0 amide bonds. The number of pyridine rings is 1. The number of H-pyrrole nitrogens is 1. The van der Waals surface area contributed by atoms with Gasteiger partial charge in [0.15, 0.2) is 0 Å². The van der Waals surface area contributed by atoms with Crippen molar-refractivity contribution in [3.8, 4) is 0 Å². The largest absolute Gasteiger partial charge is 0.368 e. The maximum absolute atomic E-state index is 6.12. The van der Waals surface area contributed by atoms with E-state index in [0.29, 0.717) is 5.95 Å². The van der Waals surface area contributed by atoms with Crippen LogP contribution in [-0.4, -0.2) is 32.7 Å². The van der Waals surface area contributed by atoms with Gasteiger partial charge in [0.1, 0.15) is 16.7 Å². The average Bonchev–Trinajstić information content (AvgIpc) is 3.02. The summed E-state index contributed by atoms with van der Waals surface area (Å²) < 4.78 is 2.06. The third kappa shape index (κ3) is 1.49. The van der Waals surface area contributed by atoms with Crippen molar-refractivity contribution in [3.63, 3.8) is 0 Å². The number of nitrogens with one attached hydrogen (secondary N) is 1. The highest BCUT2D eigenvalue weighted by Crippen LogP contribution is 2.26. The summed E-state index contributed by atoms with van der Waals surface area (Å²) in [4.78, 5) is 11.9. The topological polar surface area (TPSA) is 75.8 Å². The van der Waals surface area contributed by atoms with Crippen molar-refractivity contribution in [2.45, 2.75) is 19.3 Å². The molecule has 0 aromatic carbocycles. The molecule has 1 aliphatic heterocycles. The Morgan fingerprint density at radius 3 is 2.89 bits per heavy atom. The third-order valence-electron chi connectivity index (χ3n) is 3.82. The first-order chi connectivity index (χ1) is 9.34. The molecule has 0 aliphatic carbocycles. The van der Waals surface area contributed by atoms with Crippen LogP contribution in [-0.2, 0) is 0 Å². The van der Waals surface area contributed by atoms with E-state index < -0.39 is 0 Å². The molecule has 98 valence electrons. The second-order valence-corrected chi connectivity index (χ2v) is 5.03. The quantitative estimate of drug-likeness (QED) is 0.693. The minimum Gasteiger partial charge on any atom is -0.368 e. The van der Waals surface area contributed by atoms with Crippen LogP contribution in [0.15, 0.2) is 18.5 Å². The molecule has 1 aliphatic rings. The molecule has 1 saturated heterocycles. The molecular formula is C13H16N6. The van der Waals surface area contributed by atoms with Crippen LogP contribution in [0.4, 0.5) is 5.95 Å². The molecule has 0 saturated carbocycles. The van der Waals surface area contributed by atoms with Crippen molar-refractivity contribution in [2.24, 2.45) is 0 Å². The number of fused-ring (bicyclic) bond motifs is 3. The number of nitrogens with zero attached hydrogens (tertiary/aromatic N) is 4. The molecular weight excluding hydrogens is 240 g/mol. The van der Waals surface area contributed by atoms with Gasteiger partial charge in [0.05, 0.1) is 6.20 Å². The fourth-order valence-corrected chi connectivity index (χ4v) is 2.94. The second-order valence-electron chi connectivity index (χ2n) is 5.03. The Morgan fingerprint density at radius 1 is 1.21 bits per heavy atom. The van der Waals surface area contributed by atoms with Gasteiger partial charge < -0.3 is 15.7 Å². The van der Waals surface area contributed by atoms with Crippen molar-refractivity contribution in [2.75, 3.05) is 23.8 Å². The van der Waals surface area contributed by atoms with Gasteiger partial charge in [-0.15, -0.1) is 0 Å². The van der Waals surface area contributed by atoms with E-state index in [9.17, 15) is 0 Å². The SMILES string of the molecule is Nc1nc2cnc3[nH]ccc3c2n1N1CCCCC1. The van der Waals surface area contributed by atoms with E-state index in [1.807, 2.05) is 12.3 Å². The molecule has 3 N–H and O–H groups in total. The zero-order valence-electron chi connectivity index (χ0n) is 10.6. The van der Waals surface area contributed by atoms with E-state index in [1.54, 1.807) is 6.20 Å². The van der Waals surface area contributed by atoms with Gasteiger partial charge in [-0.05, 0) is 25.3 Å². The standard InChI is InChI=1S/C13H16N6/c14-13-17-10-8-16-12-9(4-5-15-12)11(10)19(13)18-6-2-1-3-7-18/h4-5,8H,1-3,6-7H2,(H2,14,17)(H,15,16). The van der Waals surface area contributed by atoms with Gasteiger partial charge in [0.25, 0.3) is 0 Å². The van der Waals surface area contributed by atoms with E-state index >= 15 is 0 Å². The Hall–Kier alpha value is -2.24. The van der Waals surface area contributed by atoms with Crippen molar-refractivity contribution in [1.82, 2.24) is 19.6 Å². The minimum absolute atomic E-state index is 0.549. The molecule has 1 fully saturated rings. The zero-order chi connectivity index (χ0) is 12.8. The van der Waals surface area contributed by atoms with E-state index in [1.165, 1.54) is 19.3 Å². The predicted octanol–water partition coefficient (Wildman–Crippen LogP) is 1.62. The normalized spacial score (nSPS) is 16.5. The Labute approximate surface area is 110 Å². The van der Waals surface area contributed by atoms with Gasteiger partial charge in [0.2, 0.25) is 5.95 Å². The number of nitrogens with two attached hydrogens (primary N) is 1. The zero-order valence-corrected chi connectivity index (χ0v) is 10.6. The molecule has 0 radical (unpaired) electrons. The van der Waals surface area contributed by atoms with Crippen LogP contribution < -0.4 is 10.7 Å². The Morgan fingerprint density at radius 2 is 2.05 bits per heavy atom. The van der Waals surface area contributed by atoms with Gasteiger partial charge in [-0.2, -0.15) is 0 Å². The van der Waals surface area contributed by atoms with Crippen molar-refractivity contribution >= 4 is 28.0 Å². The lowest BCUT2D eigenvalue weighted by atomic mass is 10.2. The number of aromatic amines is 1. The van der Waals surface area contributed by atoms with Crippen LogP contribution >= 0.6 is 0 Å². The lowest BCUT2D eigenvalue weighted by Gasteiger charge is -2.30. The van der Waals surface area contributed by atoms with Crippen molar-refractivity contribution in [1.29, 1.82) is 0 Å². The number of nitrogen functional groups attached to an aromatic ring is 1. The highest BCUT2D eigenvalue weighted by molar-refractivity contribution is 6.02. The average molecular weight is 256 g/mol. The molecule has 4 rings (SSSR count). The first kappa shape index (κ1) is 10.7. The summed E-state index contributed by atoms with van der Waals surface area (Å²) in [6.45, 7) is 2.06. The third-order valence-corrected chi connectivity index (χ3v) is 3.82. The molecule has 6 nitrogen and oxygen atoms in total. The van der Waals surface area contributed by atoms with Gasteiger partial charge in [-0.1, -0.05) is 0 Å². The Balaban J connectivity index is 2.01. The number of hydrogen-bond donors (Lipinski definition) is 2. The van der Waals surface area contributed by atoms with E-state index in [0.717, 1.165) is 35.2 Å². The number of aromatic nitrogens is 4. The summed E-state index contributed by atoms with van der Waals surface area (Å²) in [6, 6.07) is 2.03. The monoisotopic (exact) mass is 256 g/mol. The van der Waals surface area contributed by atoms with Crippen LogP contribution in [0.25, 0.3) is 22.1 Å². The number of piperidine rings is 1. The summed E-state index contributed by atoms with van der Waals surface area (Å²) in [5.74, 6) is 0.549. The van der Waals surface area contributed by atoms with Crippen LogP contribution in [0.1, 0.15) is 19.3 Å². The molecule has 0 bridgehead atoms. The highest BCUT2D eigenvalue weighted by Gasteiger charge is 2.19. The Kier molecular flexibility index (Phi) is 2.18. The maximum atomic E-state index is 6.12. The fraction of sp³-hybridized carbons (Fsp3) is 0.385. The van der Waals surface area contributed by atoms with Crippen LogP contribution in [0.3, 0.4) is 0 Å². The van der Waals surface area contributed by atoms with Gasteiger partial charge in [0, 0.05) is 24.7 Å². The fourth-order valence-electron chi connectivity index (χ4n) is 2.94. The van der Waals surface area contributed by atoms with E-state index in [2.05, 4.69) is 24.6 Å². The second kappa shape index (κ2) is 3.88. The lowest BCUT2D eigenvalue weighted by Crippen LogP contribution is -2.39. The minimum atomic E-state index is 0.549. The van der Waals surface area contributed by atoms with Crippen LogP contribution in [0.2, 0.25) is 0 Å². The number of hydrogen-bond acceptors (Lipinski definition) is 4. The summed E-state index contributed by atoms with van der Waals surface area (Å²) in [5.41, 5.74) is 8.91. The molecule has 6 heteroatoms. The molecule has 19 heavy (non-hydrogen) atoms. The molecule has 3 aromatic heterocycles. The van der Waals surface area contributed by atoms with Crippen LogP contribution in [0.5, 0.6) is 0 Å². The van der Waals surface area contributed by atoms with Crippen molar-refractivity contribution in [3.05, 3.63) is 18.5 Å². The summed E-state index contributed by atoms with van der Waals surface area (Å²) in [6.07, 6.45) is 7.40. The van der Waals surface area contributed by atoms with Gasteiger partial charge >= 0.3 is 0 Å². The van der Waals surface area contributed by atoms with Gasteiger partial charge in [-0.25, -0.2) is 14.6 Å². The smallest absolute Gasteiger partial charge is 0.220 e. The predicted molar refractivity (Wildman–Crippen MR) is 75.6 cm³/mol. The summed E-state index contributed by atoms with van der Waals surface area (Å²) in [7, 11) is 0. The first-order valence-corrected chi connectivity index (χ1v) is 6.70. The Bertz CT molecular complexity index is 734. The maximum Gasteiger partial charge on any atom is 0.220 e. The van der Waals surface area contributed by atoms with E-state index in [-0.39, 0.29) is 0 Å². The van der Waals surface area contributed by atoms with Crippen LogP contribution in [0, 0.1) is 0 Å². The summed E-state index contributed by atoms with van der Waals surface area (Å²) in [5, 5.41) is 3.37. The highest BCUT2D eigenvalue weighted by atomic mass is 15.6.